The molecule has 1 aliphatic heterocycles. The molecule has 1 saturated heterocycles. The number of aliphatic carboxylic acids is 1. The van der Waals surface area contributed by atoms with Crippen molar-refractivity contribution in [3.8, 4) is 0 Å². The molecule has 7 heteroatoms. The quantitative estimate of drug-likeness (QED) is 0.712. The molecule has 0 amide bonds. The molecule has 1 heterocycles. The zero-order chi connectivity index (χ0) is 12.2. The molecule has 1 unspecified atom stereocenters. The minimum Gasteiger partial charge on any atom is -0.481 e. The van der Waals surface area contributed by atoms with E-state index < -0.39 is 16.0 Å². The van der Waals surface area contributed by atoms with E-state index in [9.17, 15) is 13.2 Å². The van der Waals surface area contributed by atoms with E-state index in [-0.39, 0.29) is 24.7 Å². The van der Waals surface area contributed by atoms with Crippen LogP contribution < -0.4 is 0 Å². The Kier molecular flexibility index (Phi) is 4.69. The van der Waals surface area contributed by atoms with Gasteiger partial charge in [0.15, 0.2) is 0 Å². The summed E-state index contributed by atoms with van der Waals surface area (Å²) in [6.45, 7) is 0.847. The summed E-state index contributed by atoms with van der Waals surface area (Å²) < 4.78 is 30.0. The Morgan fingerprint density at radius 1 is 1.56 bits per heavy atom. The number of rotatable bonds is 6. The molecule has 1 rings (SSSR count). The molecule has 6 nitrogen and oxygen atoms in total. The number of nitrogens with zero attached hydrogens (tertiary/aromatic N) is 1. The number of hydrogen-bond donors (Lipinski definition) is 1. The first-order chi connectivity index (χ1) is 7.45. The van der Waals surface area contributed by atoms with Gasteiger partial charge in [0.05, 0.1) is 11.9 Å². The molecule has 0 bridgehead atoms. The van der Waals surface area contributed by atoms with Gasteiger partial charge in [-0.25, -0.2) is 8.42 Å². The Morgan fingerprint density at radius 2 is 2.25 bits per heavy atom. The summed E-state index contributed by atoms with van der Waals surface area (Å²) in [5, 5.41) is 8.43. The average molecular weight is 251 g/mol. The van der Waals surface area contributed by atoms with E-state index in [2.05, 4.69) is 0 Å². The zero-order valence-corrected chi connectivity index (χ0v) is 10.1. The highest BCUT2D eigenvalue weighted by Crippen LogP contribution is 2.16. The van der Waals surface area contributed by atoms with Crippen molar-refractivity contribution in [1.82, 2.24) is 4.31 Å². The van der Waals surface area contributed by atoms with Crippen LogP contribution in [0.5, 0.6) is 0 Å². The Bertz CT molecular complexity index is 340. The molecule has 0 aromatic carbocycles. The molecule has 1 N–H and O–H groups in total. The first-order valence-corrected chi connectivity index (χ1v) is 6.79. The third-order valence-corrected chi connectivity index (χ3v) is 4.55. The summed E-state index contributed by atoms with van der Waals surface area (Å²) in [5.41, 5.74) is 0. The van der Waals surface area contributed by atoms with Gasteiger partial charge in [-0.1, -0.05) is 0 Å². The third-order valence-electron chi connectivity index (χ3n) is 2.63. The van der Waals surface area contributed by atoms with Crippen molar-refractivity contribution in [3.63, 3.8) is 0 Å². The molecule has 0 spiro atoms. The predicted octanol–water partition coefficient (Wildman–Crippen LogP) is -0.0983. The summed E-state index contributed by atoms with van der Waals surface area (Å²) in [4.78, 5) is 10.3. The summed E-state index contributed by atoms with van der Waals surface area (Å²) in [6, 6.07) is 0. The summed E-state index contributed by atoms with van der Waals surface area (Å²) >= 11 is 0. The highest BCUT2D eigenvalue weighted by molar-refractivity contribution is 7.89. The van der Waals surface area contributed by atoms with Crippen molar-refractivity contribution < 1.29 is 23.1 Å². The van der Waals surface area contributed by atoms with Crippen molar-refractivity contribution in [2.75, 3.05) is 26.0 Å². The minimum atomic E-state index is -3.31. The number of carbonyl (C=O) groups is 1. The second-order valence-electron chi connectivity index (χ2n) is 3.82. The van der Waals surface area contributed by atoms with E-state index in [0.29, 0.717) is 19.5 Å². The fraction of sp³-hybridized carbons (Fsp3) is 0.889. The van der Waals surface area contributed by atoms with Crippen LogP contribution in [0.4, 0.5) is 0 Å². The van der Waals surface area contributed by atoms with E-state index in [1.807, 2.05) is 0 Å². The highest BCUT2D eigenvalue weighted by Gasteiger charge is 2.30. The van der Waals surface area contributed by atoms with E-state index in [1.54, 1.807) is 7.11 Å². The number of ether oxygens (including phenoxy) is 1. The van der Waals surface area contributed by atoms with Gasteiger partial charge >= 0.3 is 5.97 Å². The predicted molar refractivity (Wildman–Crippen MR) is 57.6 cm³/mol. The Morgan fingerprint density at radius 3 is 2.75 bits per heavy atom. The van der Waals surface area contributed by atoms with Crippen LogP contribution in [0.2, 0.25) is 0 Å². The SMILES string of the molecule is COC1CCN(S(=O)(=O)CCCC(=O)O)C1. The van der Waals surface area contributed by atoms with E-state index >= 15 is 0 Å². The second-order valence-corrected chi connectivity index (χ2v) is 5.91. The average Bonchev–Trinajstić information content (AvgIpc) is 2.65. The molecular formula is C9H17NO5S. The lowest BCUT2D eigenvalue weighted by molar-refractivity contribution is -0.137. The molecule has 0 saturated carbocycles. The topological polar surface area (TPSA) is 83.9 Å². The van der Waals surface area contributed by atoms with Gasteiger partial charge in [-0.2, -0.15) is 4.31 Å². The smallest absolute Gasteiger partial charge is 0.303 e. The van der Waals surface area contributed by atoms with Gasteiger partial charge in [0.25, 0.3) is 0 Å². The van der Waals surface area contributed by atoms with Gasteiger partial charge in [0.2, 0.25) is 10.0 Å². The van der Waals surface area contributed by atoms with E-state index in [1.165, 1.54) is 4.31 Å². The number of carboxylic acids is 1. The largest absolute Gasteiger partial charge is 0.481 e. The van der Waals surface area contributed by atoms with E-state index in [4.69, 9.17) is 9.84 Å². The van der Waals surface area contributed by atoms with Crippen LogP contribution in [0.15, 0.2) is 0 Å². The standard InChI is InChI=1S/C9H17NO5S/c1-15-8-4-5-10(7-8)16(13,14)6-2-3-9(11)12/h8H,2-7H2,1H3,(H,11,12). The van der Waals surface area contributed by atoms with Crippen molar-refractivity contribution in [1.29, 1.82) is 0 Å². The molecule has 0 radical (unpaired) electrons. The maximum absolute atomic E-state index is 11.8. The number of sulfonamides is 1. The molecular weight excluding hydrogens is 234 g/mol. The van der Waals surface area contributed by atoms with Gasteiger partial charge in [-0.15, -0.1) is 0 Å². The third kappa shape index (κ3) is 3.73. The van der Waals surface area contributed by atoms with Gasteiger partial charge in [-0.05, 0) is 12.8 Å². The van der Waals surface area contributed by atoms with Crippen LogP contribution in [0.3, 0.4) is 0 Å². The fourth-order valence-electron chi connectivity index (χ4n) is 1.68. The van der Waals surface area contributed by atoms with Crippen LogP contribution >= 0.6 is 0 Å². The van der Waals surface area contributed by atoms with Crippen molar-refractivity contribution in [3.05, 3.63) is 0 Å². The normalized spacial score (nSPS) is 22.4. The van der Waals surface area contributed by atoms with Gasteiger partial charge in [0, 0.05) is 26.6 Å². The first-order valence-electron chi connectivity index (χ1n) is 5.18. The van der Waals surface area contributed by atoms with Crippen LogP contribution in [-0.4, -0.2) is 55.9 Å². The Balaban J connectivity index is 2.42. The van der Waals surface area contributed by atoms with Crippen molar-refractivity contribution in [2.24, 2.45) is 0 Å². The van der Waals surface area contributed by atoms with E-state index in [0.717, 1.165) is 0 Å². The first kappa shape index (κ1) is 13.4. The number of hydrogen-bond acceptors (Lipinski definition) is 4. The maximum atomic E-state index is 11.8. The molecule has 16 heavy (non-hydrogen) atoms. The summed E-state index contributed by atoms with van der Waals surface area (Å²) in [7, 11) is -1.75. The molecule has 1 aliphatic rings. The van der Waals surface area contributed by atoms with Gasteiger partial charge in [-0.3, -0.25) is 4.79 Å². The minimum absolute atomic E-state index is 0.0331. The van der Waals surface area contributed by atoms with Crippen LogP contribution in [0, 0.1) is 0 Å². The highest BCUT2D eigenvalue weighted by atomic mass is 32.2. The molecule has 0 aliphatic carbocycles. The molecule has 1 fully saturated rings. The number of methoxy groups -OCH3 is 1. The van der Waals surface area contributed by atoms with Crippen LogP contribution in [0.25, 0.3) is 0 Å². The van der Waals surface area contributed by atoms with Gasteiger partial charge in [0.1, 0.15) is 0 Å². The molecule has 0 aromatic rings. The van der Waals surface area contributed by atoms with Crippen LogP contribution in [0.1, 0.15) is 19.3 Å². The second kappa shape index (κ2) is 5.60. The lowest BCUT2D eigenvalue weighted by Crippen LogP contribution is -2.32. The summed E-state index contributed by atoms with van der Waals surface area (Å²) in [5.74, 6) is -1.07. The maximum Gasteiger partial charge on any atom is 0.303 e. The lowest BCUT2D eigenvalue weighted by atomic mass is 10.3. The number of carboxylic acid groups (broad SMARTS) is 1. The lowest BCUT2D eigenvalue weighted by Gasteiger charge is -2.15. The summed E-state index contributed by atoms with van der Waals surface area (Å²) in [6.07, 6.45) is 0.718. The van der Waals surface area contributed by atoms with Crippen LogP contribution in [-0.2, 0) is 19.6 Å². The fourth-order valence-corrected chi connectivity index (χ4v) is 3.22. The molecule has 0 aromatic heterocycles. The van der Waals surface area contributed by atoms with Crippen molar-refractivity contribution >= 4 is 16.0 Å². The zero-order valence-electron chi connectivity index (χ0n) is 9.26. The van der Waals surface area contributed by atoms with Gasteiger partial charge < -0.3 is 9.84 Å². The Labute approximate surface area is 95.2 Å². The molecule has 1 atom stereocenters. The monoisotopic (exact) mass is 251 g/mol. The Hall–Kier alpha value is -0.660. The molecule has 94 valence electrons. The van der Waals surface area contributed by atoms with Crippen molar-refractivity contribution in [2.45, 2.75) is 25.4 Å².